The number of halogens is 1. The van der Waals surface area contributed by atoms with Crippen molar-refractivity contribution in [2.75, 3.05) is 30.1 Å². The fraction of sp³-hybridized carbons (Fsp3) is 0.562. The SMILES string of the molecule is CCCS(=O)(=O)Nc1ccc(C(=O)NCC2CCCNC2)cc1.Cl. The molecular formula is C16H26ClN3O3S. The van der Waals surface area contributed by atoms with Crippen LogP contribution in [0.1, 0.15) is 36.5 Å². The van der Waals surface area contributed by atoms with E-state index in [1.54, 1.807) is 24.3 Å². The largest absolute Gasteiger partial charge is 0.352 e. The molecule has 6 nitrogen and oxygen atoms in total. The predicted molar refractivity (Wildman–Crippen MR) is 99.3 cm³/mol. The van der Waals surface area contributed by atoms with Crippen LogP contribution in [-0.2, 0) is 10.0 Å². The Morgan fingerprint density at radius 2 is 2.00 bits per heavy atom. The lowest BCUT2D eigenvalue weighted by molar-refractivity contribution is 0.0945. The Morgan fingerprint density at radius 1 is 1.29 bits per heavy atom. The van der Waals surface area contributed by atoms with Crippen molar-refractivity contribution < 1.29 is 13.2 Å². The maximum Gasteiger partial charge on any atom is 0.251 e. The van der Waals surface area contributed by atoms with Gasteiger partial charge in [0.2, 0.25) is 10.0 Å². The van der Waals surface area contributed by atoms with Gasteiger partial charge in [-0.25, -0.2) is 8.42 Å². The lowest BCUT2D eigenvalue weighted by atomic mass is 9.99. The van der Waals surface area contributed by atoms with Gasteiger partial charge in [-0.1, -0.05) is 6.92 Å². The van der Waals surface area contributed by atoms with E-state index in [2.05, 4.69) is 15.4 Å². The summed E-state index contributed by atoms with van der Waals surface area (Å²) in [6.07, 6.45) is 2.84. The van der Waals surface area contributed by atoms with Crippen LogP contribution in [-0.4, -0.2) is 39.7 Å². The Labute approximate surface area is 150 Å². The molecule has 136 valence electrons. The molecule has 1 unspecified atom stereocenters. The molecule has 1 aliphatic rings. The number of amides is 1. The molecule has 1 aromatic rings. The number of rotatable bonds is 7. The molecule has 1 aromatic carbocycles. The van der Waals surface area contributed by atoms with Gasteiger partial charge in [-0.05, 0) is 62.5 Å². The average Bonchev–Trinajstić information content (AvgIpc) is 2.54. The third-order valence-electron chi connectivity index (χ3n) is 3.84. The maximum atomic E-state index is 12.1. The summed E-state index contributed by atoms with van der Waals surface area (Å²) in [5, 5.41) is 6.26. The highest BCUT2D eigenvalue weighted by molar-refractivity contribution is 7.92. The molecule has 8 heteroatoms. The van der Waals surface area contributed by atoms with Crippen molar-refractivity contribution in [2.24, 2.45) is 5.92 Å². The van der Waals surface area contributed by atoms with Crippen LogP contribution in [0.25, 0.3) is 0 Å². The summed E-state index contributed by atoms with van der Waals surface area (Å²) < 4.78 is 25.9. The van der Waals surface area contributed by atoms with Gasteiger partial charge in [0.25, 0.3) is 5.91 Å². The molecule has 24 heavy (non-hydrogen) atoms. The fourth-order valence-corrected chi connectivity index (χ4v) is 3.76. The van der Waals surface area contributed by atoms with Gasteiger partial charge in [-0.15, -0.1) is 12.4 Å². The Bertz CT molecular complexity index is 614. The number of hydrogen-bond donors (Lipinski definition) is 3. The second-order valence-electron chi connectivity index (χ2n) is 5.92. The zero-order chi connectivity index (χ0) is 16.7. The van der Waals surface area contributed by atoms with Crippen molar-refractivity contribution in [3.8, 4) is 0 Å². The van der Waals surface area contributed by atoms with Crippen LogP contribution in [0, 0.1) is 5.92 Å². The van der Waals surface area contributed by atoms with E-state index in [0.29, 0.717) is 30.1 Å². The highest BCUT2D eigenvalue weighted by atomic mass is 35.5. The van der Waals surface area contributed by atoms with E-state index in [9.17, 15) is 13.2 Å². The van der Waals surface area contributed by atoms with Crippen LogP contribution in [0.3, 0.4) is 0 Å². The van der Waals surface area contributed by atoms with Crippen molar-refractivity contribution in [2.45, 2.75) is 26.2 Å². The van der Waals surface area contributed by atoms with Gasteiger partial charge < -0.3 is 10.6 Å². The van der Waals surface area contributed by atoms with Crippen LogP contribution in [0.5, 0.6) is 0 Å². The molecular weight excluding hydrogens is 350 g/mol. The molecule has 1 amide bonds. The van der Waals surface area contributed by atoms with E-state index in [-0.39, 0.29) is 24.1 Å². The minimum absolute atomic E-state index is 0. The minimum atomic E-state index is -3.30. The molecule has 1 aliphatic heterocycles. The number of piperidine rings is 1. The third-order valence-corrected chi connectivity index (χ3v) is 5.34. The third kappa shape index (κ3) is 6.67. The normalized spacial score (nSPS) is 17.6. The monoisotopic (exact) mass is 375 g/mol. The van der Waals surface area contributed by atoms with Crippen molar-refractivity contribution in [1.29, 1.82) is 0 Å². The van der Waals surface area contributed by atoms with Gasteiger partial charge in [0.1, 0.15) is 0 Å². The second kappa shape index (κ2) is 9.86. The second-order valence-corrected chi connectivity index (χ2v) is 7.76. The summed E-state index contributed by atoms with van der Waals surface area (Å²) in [5.74, 6) is 0.441. The van der Waals surface area contributed by atoms with Crippen LogP contribution in [0.2, 0.25) is 0 Å². The van der Waals surface area contributed by atoms with E-state index in [4.69, 9.17) is 0 Å². The molecule has 0 bridgehead atoms. The van der Waals surface area contributed by atoms with Crippen LogP contribution in [0.4, 0.5) is 5.69 Å². The molecule has 1 heterocycles. The van der Waals surface area contributed by atoms with Crippen molar-refractivity contribution >= 4 is 34.0 Å². The summed E-state index contributed by atoms with van der Waals surface area (Å²) in [6, 6.07) is 6.51. The van der Waals surface area contributed by atoms with Gasteiger partial charge >= 0.3 is 0 Å². The molecule has 0 aliphatic carbocycles. The van der Waals surface area contributed by atoms with Crippen molar-refractivity contribution in [3.63, 3.8) is 0 Å². The van der Waals surface area contributed by atoms with E-state index in [0.717, 1.165) is 25.9 Å². The lowest BCUT2D eigenvalue weighted by Gasteiger charge is -2.22. The van der Waals surface area contributed by atoms with Gasteiger partial charge in [0, 0.05) is 17.8 Å². The van der Waals surface area contributed by atoms with E-state index < -0.39 is 10.0 Å². The van der Waals surface area contributed by atoms with Crippen LogP contribution in [0.15, 0.2) is 24.3 Å². The summed E-state index contributed by atoms with van der Waals surface area (Å²) in [4.78, 5) is 12.1. The first kappa shape index (κ1) is 20.7. The van der Waals surface area contributed by atoms with E-state index in [1.165, 1.54) is 0 Å². The number of sulfonamides is 1. The number of carbonyl (C=O) groups excluding carboxylic acids is 1. The average molecular weight is 376 g/mol. The highest BCUT2D eigenvalue weighted by Crippen LogP contribution is 2.13. The molecule has 1 fully saturated rings. The molecule has 3 N–H and O–H groups in total. The Hall–Kier alpha value is -1.31. The molecule has 0 radical (unpaired) electrons. The van der Waals surface area contributed by atoms with Gasteiger partial charge in [0.05, 0.1) is 5.75 Å². The first-order valence-corrected chi connectivity index (χ1v) is 9.75. The number of hydrogen-bond acceptors (Lipinski definition) is 4. The zero-order valence-electron chi connectivity index (χ0n) is 13.9. The zero-order valence-corrected chi connectivity index (χ0v) is 15.5. The molecule has 1 saturated heterocycles. The molecule has 0 aromatic heterocycles. The smallest absolute Gasteiger partial charge is 0.251 e. The van der Waals surface area contributed by atoms with Crippen LogP contribution >= 0.6 is 12.4 Å². The van der Waals surface area contributed by atoms with Gasteiger partial charge in [0.15, 0.2) is 0 Å². The topological polar surface area (TPSA) is 87.3 Å². The Kier molecular flexibility index (Phi) is 8.52. The Balaban J connectivity index is 0.00000288. The van der Waals surface area contributed by atoms with E-state index in [1.807, 2.05) is 6.92 Å². The molecule has 1 atom stereocenters. The number of carbonyl (C=O) groups is 1. The van der Waals surface area contributed by atoms with Gasteiger partial charge in [-0.2, -0.15) is 0 Å². The highest BCUT2D eigenvalue weighted by Gasteiger charge is 2.15. The van der Waals surface area contributed by atoms with Gasteiger partial charge in [-0.3, -0.25) is 9.52 Å². The number of nitrogens with one attached hydrogen (secondary N) is 3. The number of benzene rings is 1. The minimum Gasteiger partial charge on any atom is -0.352 e. The van der Waals surface area contributed by atoms with E-state index >= 15 is 0 Å². The molecule has 0 saturated carbocycles. The quantitative estimate of drug-likeness (QED) is 0.680. The van der Waals surface area contributed by atoms with Crippen molar-refractivity contribution in [3.05, 3.63) is 29.8 Å². The molecule has 2 rings (SSSR count). The Morgan fingerprint density at radius 3 is 2.58 bits per heavy atom. The maximum absolute atomic E-state index is 12.1. The standard InChI is InChI=1S/C16H25N3O3S.ClH/c1-2-10-23(21,22)19-15-7-5-14(6-8-15)16(20)18-12-13-4-3-9-17-11-13;/h5-8,13,17,19H,2-4,9-12H2,1H3,(H,18,20);1H. The summed E-state index contributed by atoms with van der Waals surface area (Å²) >= 11 is 0. The first-order valence-electron chi connectivity index (χ1n) is 8.09. The summed E-state index contributed by atoms with van der Waals surface area (Å²) in [5.41, 5.74) is 1.01. The summed E-state index contributed by atoms with van der Waals surface area (Å²) in [7, 11) is -3.30. The van der Waals surface area contributed by atoms with Crippen LogP contribution < -0.4 is 15.4 Å². The first-order chi connectivity index (χ1) is 11.0. The predicted octanol–water partition coefficient (Wildman–Crippen LogP) is 1.99. The summed E-state index contributed by atoms with van der Waals surface area (Å²) in [6.45, 7) is 4.48. The fourth-order valence-electron chi connectivity index (χ4n) is 2.63. The molecule has 0 spiro atoms. The lowest BCUT2D eigenvalue weighted by Crippen LogP contribution is -2.38. The number of anilines is 1. The van der Waals surface area contributed by atoms with Crippen molar-refractivity contribution in [1.82, 2.24) is 10.6 Å².